The van der Waals surface area contributed by atoms with Crippen LogP contribution in [0.2, 0.25) is 0 Å². The fraction of sp³-hybridized carbons (Fsp3) is 0. The molecule has 0 N–H and O–H groups in total. The average molecular weight is 790 g/mol. The lowest BCUT2D eigenvalue weighted by atomic mass is 9.91. The molecule has 11 aromatic rings. The van der Waals surface area contributed by atoms with E-state index in [9.17, 15) is 0 Å². The Balaban J connectivity index is 1.10. The predicted molar refractivity (Wildman–Crippen MR) is 258 cm³/mol. The number of benzene rings is 9. The van der Waals surface area contributed by atoms with Crippen LogP contribution in [0.15, 0.2) is 237 Å². The topological polar surface area (TPSA) is 38.7 Å². The SMILES string of the molecule is c1ccc(-c2cccc(-c3cc(-c4cccc(-c5cccc6c5nc(-c5ccccc5)c5cccc(-c7ccccc7)c56)c4)nc(-c4cccc(-c5ccccc5)c4)n3)c2)cc1. The third-order valence-electron chi connectivity index (χ3n) is 11.7. The number of hydrogen-bond acceptors (Lipinski definition) is 3. The Bertz CT molecular complexity index is 3280. The standard InChI is InChI=1S/C59H39N3/c1-5-18-40(19-6-1)44-26-13-29-47(36-44)54-39-55(61-59(60-54)49-31-14-27-45(37-49)41-20-7-2-8-21-41)48-30-15-28-46(38-48)51-33-17-35-53-56-50(42-22-9-3-10-23-42)32-16-34-52(56)57(62-58(51)53)43-24-11-4-12-25-43/h1-39H. The Morgan fingerprint density at radius 3 is 1.26 bits per heavy atom. The van der Waals surface area contributed by atoms with Crippen molar-refractivity contribution >= 4 is 21.7 Å². The summed E-state index contributed by atoms with van der Waals surface area (Å²) >= 11 is 0. The minimum Gasteiger partial charge on any atom is -0.246 e. The molecule has 0 spiro atoms. The monoisotopic (exact) mass is 789 g/mol. The Hall–Kier alpha value is -8.27. The van der Waals surface area contributed by atoms with Crippen molar-refractivity contribution in [3.05, 3.63) is 237 Å². The van der Waals surface area contributed by atoms with Crippen LogP contribution in [0.1, 0.15) is 0 Å². The van der Waals surface area contributed by atoms with Crippen molar-refractivity contribution in [1.29, 1.82) is 0 Å². The van der Waals surface area contributed by atoms with E-state index >= 15 is 0 Å². The van der Waals surface area contributed by atoms with Gasteiger partial charge in [-0.3, -0.25) is 0 Å². The second kappa shape index (κ2) is 16.1. The average Bonchev–Trinajstić information content (AvgIpc) is 3.36. The van der Waals surface area contributed by atoms with Crippen LogP contribution >= 0.6 is 0 Å². The number of pyridine rings is 1. The summed E-state index contributed by atoms with van der Waals surface area (Å²) in [6.45, 7) is 0. The summed E-state index contributed by atoms with van der Waals surface area (Å²) in [6.07, 6.45) is 0. The molecule has 0 amide bonds. The van der Waals surface area contributed by atoms with Crippen molar-refractivity contribution in [1.82, 2.24) is 15.0 Å². The van der Waals surface area contributed by atoms with Gasteiger partial charge in [-0.1, -0.05) is 212 Å². The third kappa shape index (κ3) is 7.02. The maximum absolute atomic E-state index is 5.54. The molecular weight excluding hydrogens is 751 g/mol. The molecule has 3 heteroatoms. The highest BCUT2D eigenvalue weighted by Crippen LogP contribution is 2.42. The van der Waals surface area contributed by atoms with Gasteiger partial charge in [0, 0.05) is 44.0 Å². The van der Waals surface area contributed by atoms with Gasteiger partial charge >= 0.3 is 0 Å². The van der Waals surface area contributed by atoms with Crippen molar-refractivity contribution in [2.75, 3.05) is 0 Å². The molecule has 0 saturated heterocycles. The Morgan fingerprint density at radius 2 is 0.661 bits per heavy atom. The zero-order valence-corrected chi connectivity index (χ0v) is 33.9. The van der Waals surface area contributed by atoms with Crippen LogP contribution in [0, 0.1) is 0 Å². The first kappa shape index (κ1) is 36.8. The summed E-state index contributed by atoms with van der Waals surface area (Å²) in [6, 6.07) is 83.3. The van der Waals surface area contributed by atoms with E-state index < -0.39 is 0 Å². The van der Waals surface area contributed by atoms with Crippen molar-refractivity contribution in [2.45, 2.75) is 0 Å². The lowest BCUT2D eigenvalue weighted by Gasteiger charge is -2.16. The minimum absolute atomic E-state index is 0.671. The molecule has 2 heterocycles. The molecule has 62 heavy (non-hydrogen) atoms. The van der Waals surface area contributed by atoms with Gasteiger partial charge in [-0.15, -0.1) is 0 Å². The highest BCUT2D eigenvalue weighted by molar-refractivity contribution is 6.19. The highest BCUT2D eigenvalue weighted by atomic mass is 14.9. The highest BCUT2D eigenvalue weighted by Gasteiger charge is 2.18. The summed E-state index contributed by atoms with van der Waals surface area (Å²) < 4.78 is 0. The zero-order valence-electron chi connectivity index (χ0n) is 33.9. The molecule has 3 nitrogen and oxygen atoms in total. The molecule has 0 radical (unpaired) electrons. The summed E-state index contributed by atoms with van der Waals surface area (Å²) in [4.78, 5) is 16.1. The third-order valence-corrected chi connectivity index (χ3v) is 11.7. The zero-order chi connectivity index (χ0) is 41.2. The maximum Gasteiger partial charge on any atom is 0.160 e. The Morgan fingerprint density at radius 1 is 0.242 bits per heavy atom. The first-order valence-electron chi connectivity index (χ1n) is 21.0. The molecule has 0 aliphatic rings. The summed E-state index contributed by atoms with van der Waals surface area (Å²) in [5.74, 6) is 0.671. The largest absolute Gasteiger partial charge is 0.246 e. The van der Waals surface area contributed by atoms with Crippen LogP contribution in [0.4, 0.5) is 0 Å². The molecule has 2 aromatic heterocycles. The molecular formula is C59H39N3. The number of aromatic nitrogens is 3. The van der Waals surface area contributed by atoms with Crippen LogP contribution in [0.25, 0.3) is 111 Å². The molecule has 0 saturated carbocycles. The van der Waals surface area contributed by atoms with Crippen LogP contribution in [0.3, 0.4) is 0 Å². The molecule has 0 aliphatic carbocycles. The van der Waals surface area contributed by atoms with Gasteiger partial charge in [0.15, 0.2) is 5.82 Å². The van der Waals surface area contributed by atoms with Crippen molar-refractivity contribution in [3.63, 3.8) is 0 Å². The molecule has 0 bridgehead atoms. The Labute approximate surface area is 361 Å². The first-order valence-corrected chi connectivity index (χ1v) is 21.0. The Kier molecular flexibility index (Phi) is 9.53. The van der Waals surface area contributed by atoms with E-state index in [2.05, 4.69) is 231 Å². The normalized spacial score (nSPS) is 11.2. The number of para-hydroxylation sites is 1. The molecule has 0 fully saturated rings. The molecule has 0 unspecified atom stereocenters. The smallest absolute Gasteiger partial charge is 0.160 e. The molecule has 0 atom stereocenters. The molecule has 290 valence electrons. The predicted octanol–water partition coefficient (Wildman–Crippen LogP) is 15.5. The van der Waals surface area contributed by atoms with E-state index in [4.69, 9.17) is 15.0 Å². The van der Waals surface area contributed by atoms with E-state index in [1.54, 1.807) is 0 Å². The quantitative estimate of drug-likeness (QED) is 0.144. The van der Waals surface area contributed by atoms with Gasteiger partial charge in [0.2, 0.25) is 0 Å². The van der Waals surface area contributed by atoms with Crippen LogP contribution in [-0.2, 0) is 0 Å². The van der Waals surface area contributed by atoms with Crippen molar-refractivity contribution in [3.8, 4) is 89.7 Å². The van der Waals surface area contributed by atoms with Gasteiger partial charge in [0.05, 0.1) is 22.6 Å². The van der Waals surface area contributed by atoms with Gasteiger partial charge in [-0.05, 0) is 63.2 Å². The number of nitrogens with zero attached hydrogens (tertiary/aromatic N) is 3. The first-order chi connectivity index (χ1) is 30.7. The van der Waals surface area contributed by atoms with E-state index in [1.807, 2.05) is 6.07 Å². The second-order valence-corrected chi connectivity index (χ2v) is 15.6. The number of hydrogen-bond donors (Lipinski definition) is 0. The lowest BCUT2D eigenvalue weighted by molar-refractivity contribution is 1.18. The number of fused-ring (bicyclic) bond motifs is 3. The van der Waals surface area contributed by atoms with Gasteiger partial charge in [-0.2, -0.15) is 0 Å². The molecule has 9 aromatic carbocycles. The van der Waals surface area contributed by atoms with Crippen molar-refractivity contribution in [2.24, 2.45) is 0 Å². The second-order valence-electron chi connectivity index (χ2n) is 15.6. The fourth-order valence-corrected chi connectivity index (χ4v) is 8.66. The van der Waals surface area contributed by atoms with Gasteiger partial charge in [0.25, 0.3) is 0 Å². The maximum atomic E-state index is 5.54. The van der Waals surface area contributed by atoms with E-state index in [0.717, 1.165) is 89.0 Å². The molecule has 0 aliphatic heterocycles. The number of rotatable bonds is 8. The van der Waals surface area contributed by atoms with E-state index in [1.165, 1.54) is 16.5 Å². The van der Waals surface area contributed by atoms with Crippen LogP contribution in [-0.4, -0.2) is 15.0 Å². The summed E-state index contributed by atoms with van der Waals surface area (Å²) in [5.41, 5.74) is 16.8. The fourth-order valence-electron chi connectivity index (χ4n) is 8.66. The van der Waals surface area contributed by atoms with Gasteiger partial charge < -0.3 is 0 Å². The van der Waals surface area contributed by atoms with Gasteiger partial charge in [0.1, 0.15) is 0 Å². The minimum atomic E-state index is 0.671. The summed E-state index contributed by atoms with van der Waals surface area (Å²) in [5, 5.41) is 3.44. The van der Waals surface area contributed by atoms with Gasteiger partial charge in [-0.25, -0.2) is 15.0 Å². The van der Waals surface area contributed by atoms with E-state index in [0.29, 0.717) is 5.82 Å². The molecule has 11 rings (SSSR count). The van der Waals surface area contributed by atoms with Crippen molar-refractivity contribution < 1.29 is 0 Å². The van der Waals surface area contributed by atoms with Crippen LogP contribution in [0.5, 0.6) is 0 Å². The summed E-state index contributed by atoms with van der Waals surface area (Å²) in [7, 11) is 0. The lowest BCUT2D eigenvalue weighted by Crippen LogP contribution is -1.97. The van der Waals surface area contributed by atoms with E-state index in [-0.39, 0.29) is 0 Å². The van der Waals surface area contributed by atoms with Crippen LogP contribution < -0.4 is 0 Å².